The van der Waals surface area contributed by atoms with Crippen LogP contribution in [0.25, 0.3) is 0 Å². The quantitative estimate of drug-likeness (QED) is 0.483. The van der Waals surface area contributed by atoms with Crippen LogP contribution in [0.4, 0.5) is 0 Å². The number of halogens is 1. The highest BCUT2D eigenvalue weighted by Crippen LogP contribution is 2.31. The molecule has 2 atom stereocenters. The first-order chi connectivity index (χ1) is 12.1. The van der Waals surface area contributed by atoms with Crippen molar-refractivity contribution in [3.8, 4) is 5.75 Å². The number of aliphatic hydroxyl groups excluding tert-OH is 1. The lowest BCUT2D eigenvalue weighted by atomic mass is 9.84. The molecule has 25 heavy (non-hydrogen) atoms. The number of benzene rings is 1. The fraction of sp³-hybridized carbons (Fsp3) is 0.611. The fourth-order valence-corrected chi connectivity index (χ4v) is 3.04. The Kier molecular flexibility index (Phi) is 7.81. The summed E-state index contributed by atoms with van der Waals surface area (Å²) in [7, 11) is 1.74. The van der Waals surface area contributed by atoms with Crippen molar-refractivity contribution < 1.29 is 14.6 Å². The van der Waals surface area contributed by atoms with Crippen molar-refractivity contribution in [3.05, 3.63) is 29.3 Å². The van der Waals surface area contributed by atoms with E-state index in [1.165, 1.54) is 0 Å². The molecule has 0 amide bonds. The standard InChI is InChI=1S/C18H28ClN3O3/c1-14(25-16-5-3-4-15(19)10-16)11-21-17(20-2)22-12-18(6-8-23)7-9-24-13-18/h3-5,10,14,23H,6-9,11-13H2,1-2H3,(H2,20,21,22). The van der Waals surface area contributed by atoms with Gasteiger partial charge in [-0.05, 0) is 38.0 Å². The zero-order valence-electron chi connectivity index (χ0n) is 14.9. The van der Waals surface area contributed by atoms with Gasteiger partial charge in [-0.3, -0.25) is 4.99 Å². The van der Waals surface area contributed by atoms with Gasteiger partial charge in [-0.15, -0.1) is 0 Å². The molecule has 0 aliphatic carbocycles. The first-order valence-corrected chi connectivity index (χ1v) is 9.00. The van der Waals surface area contributed by atoms with E-state index in [0.717, 1.165) is 31.7 Å². The SMILES string of the molecule is CN=C(NCC(C)Oc1cccc(Cl)c1)NCC1(CCO)CCOC1. The van der Waals surface area contributed by atoms with Gasteiger partial charge in [0.2, 0.25) is 0 Å². The highest BCUT2D eigenvalue weighted by molar-refractivity contribution is 6.30. The van der Waals surface area contributed by atoms with Crippen LogP contribution in [0, 0.1) is 5.41 Å². The van der Waals surface area contributed by atoms with Crippen molar-refractivity contribution in [2.45, 2.75) is 25.9 Å². The average Bonchev–Trinajstić information content (AvgIpc) is 3.04. The molecule has 0 saturated carbocycles. The van der Waals surface area contributed by atoms with Gasteiger partial charge in [0, 0.05) is 37.2 Å². The molecule has 2 rings (SSSR count). The van der Waals surface area contributed by atoms with Crippen molar-refractivity contribution in [1.82, 2.24) is 10.6 Å². The summed E-state index contributed by atoms with van der Waals surface area (Å²) in [5.41, 5.74) is -0.0186. The summed E-state index contributed by atoms with van der Waals surface area (Å²) >= 11 is 5.97. The van der Waals surface area contributed by atoms with Crippen LogP contribution in [0.1, 0.15) is 19.8 Å². The molecule has 1 fully saturated rings. The lowest BCUT2D eigenvalue weighted by Crippen LogP contribution is -2.46. The molecule has 0 radical (unpaired) electrons. The molecule has 0 bridgehead atoms. The Morgan fingerprint density at radius 2 is 2.32 bits per heavy atom. The molecule has 0 aromatic heterocycles. The van der Waals surface area contributed by atoms with Crippen LogP contribution in [0.2, 0.25) is 5.02 Å². The van der Waals surface area contributed by atoms with Crippen molar-refractivity contribution in [1.29, 1.82) is 0 Å². The number of hydrogen-bond acceptors (Lipinski definition) is 4. The van der Waals surface area contributed by atoms with Gasteiger partial charge in [0.05, 0.1) is 13.2 Å². The lowest BCUT2D eigenvalue weighted by molar-refractivity contribution is 0.127. The summed E-state index contributed by atoms with van der Waals surface area (Å²) in [4.78, 5) is 4.25. The highest BCUT2D eigenvalue weighted by atomic mass is 35.5. The molecule has 1 heterocycles. The van der Waals surface area contributed by atoms with E-state index < -0.39 is 0 Å². The van der Waals surface area contributed by atoms with Gasteiger partial charge in [-0.2, -0.15) is 0 Å². The Morgan fingerprint density at radius 3 is 2.96 bits per heavy atom. The van der Waals surface area contributed by atoms with E-state index in [1.54, 1.807) is 13.1 Å². The monoisotopic (exact) mass is 369 g/mol. The minimum atomic E-state index is -0.0433. The molecule has 140 valence electrons. The summed E-state index contributed by atoms with van der Waals surface area (Å²) in [6.45, 7) is 4.90. The zero-order chi connectivity index (χ0) is 18.1. The first kappa shape index (κ1) is 19.8. The van der Waals surface area contributed by atoms with Gasteiger partial charge < -0.3 is 25.2 Å². The van der Waals surface area contributed by atoms with Gasteiger partial charge in [-0.25, -0.2) is 0 Å². The van der Waals surface area contributed by atoms with Gasteiger partial charge in [0.15, 0.2) is 5.96 Å². The van der Waals surface area contributed by atoms with Crippen LogP contribution in [0.5, 0.6) is 5.75 Å². The summed E-state index contributed by atoms with van der Waals surface area (Å²) in [6.07, 6.45) is 1.63. The number of hydrogen-bond donors (Lipinski definition) is 3. The molecule has 1 aliphatic rings. The number of rotatable bonds is 8. The number of ether oxygens (including phenoxy) is 2. The van der Waals surface area contributed by atoms with Crippen molar-refractivity contribution in [2.75, 3.05) is 40.0 Å². The maximum atomic E-state index is 9.29. The Hall–Kier alpha value is -1.50. The third kappa shape index (κ3) is 6.38. The third-order valence-electron chi connectivity index (χ3n) is 4.37. The average molecular weight is 370 g/mol. The molecule has 0 spiro atoms. The van der Waals surface area contributed by atoms with Crippen LogP contribution in [0.3, 0.4) is 0 Å². The largest absolute Gasteiger partial charge is 0.489 e. The van der Waals surface area contributed by atoms with Crippen molar-refractivity contribution in [2.24, 2.45) is 10.4 Å². The fourth-order valence-electron chi connectivity index (χ4n) is 2.86. The van der Waals surface area contributed by atoms with Crippen LogP contribution in [-0.4, -0.2) is 57.1 Å². The molecule has 1 saturated heterocycles. The number of aliphatic imine (C=N–C) groups is 1. The molecule has 3 N–H and O–H groups in total. The number of nitrogens with zero attached hydrogens (tertiary/aromatic N) is 1. The third-order valence-corrected chi connectivity index (χ3v) is 4.61. The smallest absolute Gasteiger partial charge is 0.191 e. The van der Waals surface area contributed by atoms with E-state index in [9.17, 15) is 5.11 Å². The minimum absolute atomic E-state index is 0.0186. The first-order valence-electron chi connectivity index (χ1n) is 8.62. The van der Waals surface area contributed by atoms with Gasteiger partial charge in [0.1, 0.15) is 11.9 Å². The van der Waals surface area contributed by atoms with Crippen molar-refractivity contribution in [3.63, 3.8) is 0 Å². The zero-order valence-corrected chi connectivity index (χ0v) is 15.7. The Bertz CT molecular complexity index is 562. The molecule has 1 aromatic rings. The number of guanidine groups is 1. The summed E-state index contributed by atoms with van der Waals surface area (Å²) in [5.74, 6) is 1.46. The Labute approximate surface area is 154 Å². The van der Waals surface area contributed by atoms with Crippen LogP contribution in [-0.2, 0) is 4.74 Å². The molecule has 2 unspecified atom stereocenters. The molecular weight excluding hydrogens is 342 g/mol. The van der Waals surface area contributed by atoms with Gasteiger partial charge in [-0.1, -0.05) is 17.7 Å². The number of aliphatic hydroxyl groups is 1. The second kappa shape index (κ2) is 9.85. The predicted molar refractivity (Wildman–Crippen MR) is 100 cm³/mol. The second-order valence-corrected chi connectivity index (χ2v) is 6.91. The van der Waals surface area contributed by atoms with Crippen LogP contribution < -0.4 is 15.4 Å². The maximum Gasteiger partial charge on any atom is 0.191 e. The molecule has 1 aromatic carbocycles. The number of nitrogens with one attached hydrogen (secondary N) is 2. The van der Waals surface area contributed by atoms with E-state index in [0.29, 0.717) is 24.1 Å². The predicted octanol–water partition coefficient (Wildman–Crippen LogP) is 2.06. The van der Waals surface area contributed by atoms with E-state index in [1.807, 2.05) is 25.1 Å². The normalized spacial score (nSPS) is 21.8. The van der Waals surface area contributed by atoms with E-state index in [4.69, 9.17) is 21.1 Å². The summed E-state index contributed by atoms with van der Waals surface area (Å²) in [6, 6.07) is 7.36. The minimum Gasteiger partial charge on any atom is -0.489 e. The van der Waals surface area contributed by atoms with Gasteiger partial charge in [0.25, 0.3) is 0 Å². The summed E-state index contributed by atoms with van der Waals surface area (Å²) in [5, 5.41) is 16.6. The van der Waals surface area contributed by atoms with Crippen LogP contribution >= 0.6 is 11.6 Å². The van der Waals surface area contributed by atoms with Gasteiger partial charge >= 0.3 is 0 Å². The van der Waals surface area contributed by atoms with E-state index in [-0.39, 0.29) is 18.1 Å². The lowest BCUT2D eigenvalue weighted by Gasteiger charge is -2.28. The molecule has 1 aliphatic heterocycles. The molecule has 6 nitrogen and oxygen atoms in total. The van der Waals surface area contributed by atoms with E-state index >= 15 is 0 Å². The second-order valence-electron chi connectivity index (χ2n) is 6.47. The highest BCUT2D eigenvalue weighted by Gasteiger charge is 2.34. The Balaban J connectivity index is 1.77. The van der Waals surface area contributed by atoms with Crippen molar-refractivity contribution >= 4 is 17.6 Å². The van der Waals surface area contributed by atoms with E-state index in [2.05, 4.69) is 15.6 Å². The van der Waals surface area contributed by atoms with Crippen LogP contribution in [0.15, 0.2) is 29.3 Å². The molecular formula is C18H28ClN3O3. The maximum absolute atomic E-state index is 9.29. The summed E-state index contributed by atoms with van der Waals surface area (Å²) < 4.78 is 11.4. The Morgan fingerprint density at radius 1 is 1.48 bits per heavy atom. The topological polar surface area (TPSA) is 75.1 Å². The molecule has 7 heteroatoms.